The lowest BCUT2D eigenvalue weighted by molar-refractivity contribution is 0.0951. The largest absolute Gasteiger partial charge is 0.352 e. The first-order valence-electron chi connectivity index (χ1n) is 6.87. The van der Waals surface area contributed by atoms with E-state index in [1.165, 1.54) is 38.5 Å². The second kappa shape index (κ2) is 7.46. The van der Waals surface area contributed by atoms with Crippen LogP contribution in [0.2, 0.25) is 5.02 Å². The average Bonchev–Trinajstić information content (AvgIpc) is 2.45. The number of piperidine rings is 1. The van der Waals surface area contributed by atoms with Gasteiger partial charge in [0.15, 0.2) is 0 Å². The first-order valence-corrected chi connectivity index (χ1v) is 7.25. The number of carbonyl (C=O) groups excluding carboxylic acids is 1. The molecule has 104 valence electrons. The van der Waals surface area contributed by atoms with Crippen molar-refractivity contribution < 1.29 is 4.79 Å². The Bertz CT molecular complexity index is 419. The standard InChI is InChI=1S/C14H20ClN3O/c15-13-5-7-16-11-12(13)14(19)17-6-4-10-18-8-2-1-3-9-18/h5,7,11H,1-4,6,8-10H2,(H,17,19). The molecule has 1 amide bonds. The molecule has 0 aliphatic carbocycles. The van der Waals surface area contributed by atoms with Crippen LogP contribution in [0, 0.1) is 0 Å². The summed E-state index contributed by atoms with van der Waals surface area (Å²) in [5.74, 6) is -0.142. The Kier molecular flexibility index (Phi) is 5.61. The van der Waals surface area contributed by atoms with Gasteiger partial charge in [-0.3, -0.25) is 9.78 Å². The van der Waals surface area contributed by atoms with E-state index in [1.54, 1.807) is 12.3 Å². The van der Waals surface area contributed by atoms with Crippen molar-refractivity contribution in [3.8, 4) is 0 Å². The highest BCUT2D eigenvalue weighted by Crippen LogP contribution is 2.13. The van der Waals surface area contributed by atoms with Gasteiger partial charge in [0.05, 0.1) is 10.6 Å². The van der Waals surface area contributed by atoms with Gasteiger partial charge in [-0.2, -0.15) is 0 Å². The van der Waals surface area contributed by atoms with Crippen LogP contribution in [-0.2, 0) is 0 Å². The molecule has 5 heteroatoms. The van der Waals surface area contributed by atoms with Crippen molar-refractivity contribution in [2.24, 2.45) is 0 Å². The molecule has 2 heterocycles. The molecule has 4 nitrogen and oxygen atoms in total. The van der Waals surface area contributed by atoms with Gasteiger partial charge in [-0.05, 0) is 45.0 Å². The fourth-order valence-corrected chi connectivity index (χ4v) is 2.52. The Morgan fingerprint density at radius 1 is 1.37 bits per heavy atom. The summed E-state index contributed by atoms with van der Waals surface area (Å²) in [4.78, 5) is 18.2. The molecule has 2 rings (SSSR count). The zero-order chi connectivity index (χ0) is 13.5. The van der Waals surface area contributed by atoms with E-state index in [1.807, 2.05) is 0 Å². The number of pyridine rings is 1. The summed E-state index contributed by atoms with van der Waals surface area (Å²) in [6.07, 6.45) is 8.02. The van der Waals surface area contributed by atoms with Gasteiger partial charge in [-0.15, -0.1) is 0 Å². The van der Waals surface area contributed by atoms with Gasteiger partial charge in [0, 0.05) is 18.9 Å². The van der Waals surface area contributed by atoms with Crippen LogP contribution in [0.4, 0.5) is 0 Å². The fraction of sp³-hybridized carbons (Fsp3) is 0.571. The number of hydrogen-bond acceptors (Lipinski definition) is 3. The summed E-state index contributed by atoms with van der Waals surface area (Å²) in [6, 6.07) is 1.63. The van der Waals surface area contributed by atoms with Gasteiger partial charge in [0.25, 0.3) is 5.91 Å². The predicted octanol–water partition coefficient (Wildman–Crippen LogP) is 2.34. The van der Waals surface area contributed by atoms with Gasteiger partial charge in [0.1, 0.15) is 0 Å². The lowest BCUT2D eigenvalue weighted by atomic mass is 10.1. The van der Waals surface area contributed by atoms with Crippen LogP contribution in [0.15, 0.2) is 18.5 Å². The Morgan fingerprint density at radius 2 is 2.16 bits per heavy atom. The van der Waals surface area contributed by atoms with Crippen LogP contribution < -0.4 is 5.32 Å². The van der Waals surface area contributed by atoms with Crippen LogP contribution in [0.1, 0.15) is 36.0 Å². The fourth-order valence-electron chi connectivity index (χ4n) is 2.33. The molecule has 0 aromatic carbocycles. The molecule has 0 bridgehead atoms. The number of amides is 1. The van der Waals surface area contributed by atoms with E-state index in [0.29, 0.717) is 17.1 Å². The smallest absolute Gasteiger partial charge is 0.254 e. The van der Waals surface area contributed by atoms with E-state index in [-0.39, 0.29) is 5.91 Å². The zero-order valence-corrected chi connectivity index (χ0v) is 11.8. The molecule has 0 saturated carbocycles. The number of aromatic nitrogens is 1. The molecule has 1 fully saturated rings. The monoisotopic (exact) mass is 281 g/mol. The molecule has 0 radical (unpaired) electrons. The molecule has 1 aromatic rings. The summed E-state index contributed by atoms with van der Waals surface area (Å²) in [5.41, 5.74) is 0.446. The second-order valence-corrected chi connectivity index (χ2v) is 5.27. The number of likely N-dealkylation sites (tertiary alicyclic amines) is 1. The van der Waals surface area contributed by atoms with Crippen LogP contribution in [0.3, 0.4) is 0 Å². The molecule has 1 N–H and O–H groups in total. The normalized spacial score (nSPS) is 16.3. The Balaban J connectivity index is 1.68. The third kappa shape index (κ3) is 4.48. The highest BCUT2D eigenvalue weighted by Gasteiger charge is 2.11. The summed E-state index contributed by atoms with van der Waals surface area (Å²) >= 11 is 5.94. The Hall–Kier alpha value is -1.13. The van der Waals surface area contributed by atoms with Gasteiger partial charge in [0.2, 0.25) is 0 Å². The van der Waals surface area contributed by atoms with Gasteiger partial charge < -0.3 is 10.2 Å². The van der Waals surface area contributed by atoms with E-state index in [2.05, 4.69) is 15.2 Å². The summed E-state index contributed by atoms with van der Waals surface area (Å²) in [6.45, 7) is 4.13. The van der Waals surface area contributed by atoms with E-state index in [9.17, 15) is 4.79 Å². The van der Waals surface area contributed by atoms with Crippen LogP contribution >= 0.6 is 11.6 Å². The topological polar surface area (TPSA) is 45.2 Å². The number of rotatable bonds is 5. The Labute approximate surface area is 119 Å². The molecule has 0 spiro atoms. The lowest BCUT2D eigenvalue weighted by Gasteiger charge is -2.26. The van der Waals surface area contributed by atoms with Gasteiger partial charge >= 0.3 is 0 Å². The number of halogens is 1. The minimum absolute atomic E-state index is 0.142. The molecule has 19 heavy (non-hydrogen) atoms. The van der Waals surface area contributed by atoms with Crippen molar-refractivity contribution in [2.75, 3.05) is 26.2 Å². The van der Waals surface area contributed by atoms with Crippen LogP contribution in [-0.4, -0.2) is 42.0 Å². The second-order valence-electron chi connectivity index (χ2n) is 4.87. The zero-order valence-electron chi connectivity index (χ0n) is 11.1. The number of carbonyl (C=O) groups is 1. The van der Waals surface area contributed by atoms with Crippen molar-refractivity contribution in [3.05, 3.63) is 29.0 Å². The molecular formula is C14H20ClN3O. The van der Waals surface area contributed by atoms with Crippen LogP contribution in [0.5, 0.6) is 0 Å². The minimum atomic E-state index is -0.142. The lowest BCUT2D eigenvalue weighted by Crippen LogP contribution is -2.33. The minimum Gasteiger partial charge on any atom is -0.352 e. The SMILES string of the molecule is O=C(NCCCN1CCCCC1)c1cnccc1Cl. The molecule has 1 aliphatic heterocycles. The predicted molar refractivity (Wildman–Crippen MR) is 76.5 cm³/mol. The maximum absolute atomic E-state index is 11.9. The van der Waals surface area contributed by atoms with Crippen molar-refractivity contribution in [1.82, 2.24) is 15.2 Å². The van der Waals surface area contributed by atoms with E-state index in [4.69, 9.17) is 11.6 Å². The highest BCUT2D eigenvalue weighted by atomic mass is 35.5. The van der Waals surface area contributed by atoms with Crippen molar-refractivity contribution in [2.45, 2.75) is 25.7 Å². The summed E-state index contributed by atoms with van der Waals surface area (Å²) in [5, 5.41) is 3.34. The van der Waals surface area contributed by atoms with Gasteiger partial charge in [-0.25, -0.2) is 0 Å². The van der Waals surface area contributed by atoms with E-state index in [0.717, 1.165) is 13.0 Å². The Morgan fingerprint density at radius 3 is 2.89 bits per heavy atom. The first kappa shape index (κ1) is 14.3. The van der Waals surface area contributed by atoms with Crippen molar-refractivity contribution in [1.29, 1.82) is 0 Å². The maximum atomic E-state index is 11.9. The third-order valence-electron chi connectivity index (χ3n) is 3.40. The maximum Gasteiger partial charge on any atom is 0.254 e. The number of nitrogens with zero attached hydrogens (tertiary/aromatic N) is 2. The highest BCUT2D eigenvalue weighted by molar-refractivity contribution is 6.33. The quantitative estimate of drug-likeness (QED) is 0.843. The van der Waals surface area contributed by atoms with Crippen molar-refractivity contribution >= 4 is 17.5 Å². The molecule has 1 aromatic heterocycles. The molecular weight excluding hydrogens is 262 g/mol. The number of nitrogens with one attached hydrogen (secondary N) is 1. The molecule has 0 unspecified atom stereocenters. The van der Waals surface area contributed by atoms with Crippen molar-refractivity contribution in [3.63, 3.8) is 0 Å². The van der Waals surface area contributed by atoms with Gasteiger partial charge in [-0.1, -0.05) is 18.0 Å². The summed E-state index contributed by atoms with van der Waals surface area (Å²) < 4.78 is 0. The molecule has 1 saturated heterocycles. The first-order chi connectivity index (χ1) is 9.27. The van der Waals surface area contributed by atoms with Crippen LogP contribution in [0.25, 0.3) is 0 Å². The average molecular weight is 282 g/mol. The van der Waals surface area contributed by atoms with E-state index >= 15 is 0 Å². The number of hydrogen-bond donors (Lipinski definition) is 1. The summed E-state index contributed by atoms with van der Waals surface area (Å²) in [7, 11) is 0. The molecule has 0 atom stereocenters. The third-order valence-corrected chi connectivity index (χ3v) is 3.73. The van der Waals surface area contributed by atoms with E-state index < -0.39 is 0 Å². The molecule has 1 aliphatic rings.